The second kappa shape index (κ2) is 9.29. The van der Waals surface area contributed by atoms with Crippen LogP contribution in [0.2, 0.25) is 0 Å². The van der Waals surface area contributed by atoms with E-state index in [1.54, 1.807) is 6.92 Å². The summed E-state index contributed by atoms with van der Waals surface area (Å²) in [6.07, 6.45) is 4.16. The molecule has 0 aromatic rings. The van der Waals surface area contributed by atoms with Gasteiger partial charge in [-0.3, -0.25) is 14.9 Å². The molecule has 1 fully saturated rings. The van der Waals surface area contributed by atoms with Crippen LogP contribution in [0.5, 0.6) is 0 Å². The van der Waals surface area contributed by atoms with Crippen molar-refractivity contribution >= 4 is 11.8 Å². The van der Waals surface area contributed by atoms with E-state index in [4.69, 9.17) is 4.74 Å². The lowest BCUT2D eigenvalue weighted by Gasteiger charge is -2.36. The van der Waals surface area contributed by atoms with Gasteiger partial charge in [-0.1, -0.05) is 34.1 Å². The molecule has 0 unspecified atom stereocenters. The third-order valence-corrected chi connectivity index (χ3v) is 4.82. The van der Waals surface area contributed by atoms with Crippen molar-refractivity contribution in [3.05, 3.63) is 0 Å². The molecule has 1 aliphatic rings. The summed E-state index contributed by atoms with van der Waals surface area (Å²) in [6, 6.07) is -0.422. The van der Waals surface area contributed by atoms with Crippen LogP contribution in [-0.4, -0.2) is 30.9 Å². The molecule has 0 amide bonds. The molecule has 4 atom stereocenters. The van der Waals surface area contributed by atoms with E-state index >= 15 is 0 Å². The number of ether oxygens (including phenoxy) is 1. The second-order valence-corrected chi connectivity index (χ2v) is 7.17. The van der Waals surface area contributed by atoms with Crippen molar-refractivity contribution in [2.24, 2.45) is 23.7 Å². The van der Waals surface area contributed by atoms with E-state index in [9.17, 15) is 9.59 Å². The van der Waals surface area contributed by atoms with Crippen LogP contribution in [0.4, 0.5) is 0 Å². The van der Waals surface area contributed by atoms with E-state index in [0.717, 1.165) is 19.3 Å². The molecule has 0 saturated heterocycles. The predicted molar refractivity (Wildman–Crippen MR) is 88.6 cm³/mol. The quantitative estimate of drug-likeness (QED) is 0.699. The number of rotatable bonds is 8. The van der Waals surface area contributed by atoms with Crippen LogP contribution >= 0.6 is 0 Å². The Bertz CT molecular complexity index is 367. The molecule has 1 aliphatic carbocycles. The maximum Gasteiger partial charge on any atom is 0.322 e. The van der Waals surface area contributed by atoms with Crippen molar-refractivity contribution in [3.8, 4) is 0 Å². The molecule has 0 aliphatic heterocycles. The highest BCUT2D eigenvalue weighted by Gasteiger charge is 2.35. The summed E-state index contributed by atoms with van der Waals surface area (Å²) < 4.78 is 5.09. The number of carbonyl (C=O) groups excluding carboxylic acids is 2. The zero-order chi connectivity index (χ0) is 16.7. The average molecular weight is 311 g/mol. The molecule has 1 saturated carbocycles. The Hall–Kier alpha value is -0.900. The minimum atomic E-state index is -0.422. The lowest BCUT2D eigenvalue weighted by Crippen LogP contribution is -2.43. The predicted octanol–water partition coefficient (Wildman–Crippen LogP) is 3.20. The molecule has 0 heterocycles. The van der Waals surface area contributed by atoms with Gasteiger partial charge in [-0.25, -0.2) is 0 Å². The van der Waals surface area contributed by atoms with E-state index in [1.165, 1.54) is 6.42 Å². The van der Waals surface area contributed by atoms with Crippen LogP contribution in [-0.2, 0) is 14.3 Å². The average Bonchev–Trinajstić information content (AvgIpc) is 2.49. The van der Waals surface area contributed by atoms with Crippen LogP contribution in [0.25, 0.3) is 0 Å². The molecule has 0 aromatic heterocycles. The number of nitrogens with one attached hydrogen (secondary N) is 1. The van der Waals surface area contributed by atoms with Crippen LogP contribution in [0.15, 0.2) is 0 Å². The lowest BCUT2D eigenvalue weighted by atomic mass is 9.68. The summed E-state index contributed by atoms with van der Waals surface area (Å²) >= 11 is 0. The fourth-order valence-electron chi connectivity index (χ4n) is 3.37. The standard InChI is InChI=1S/C18H33NO3/c1-6-9-22-18(21)14(5)19-11-17(20)16-10-13(4)7-8-15(16)12(2)3/h12-16,19H,6-11H2,1-5H3/t13-,14-,15+,16-/m1/s1. The first-order chi connectivity index (χ1) is 10.4. The van der Waals surface area contributed by atoms with Gasteiger partial charge in [0.1, 0.15) is 11.8 Å². The van der Waals surface area contributed by atoms with Crippen molar-refractivity contribution in [3.63, 3.8) is 0 Å². The molecule has 0 bridgehead atoms. The van der Waals surface area contributed by atoms with E-state index in [2.05, 4.69) is 26.1 Å². The Kier molecular flexibility index (Phi) is 8.08. The minimum Gasteiger partial charge on any atom is -0.465 e. The summed E-state index contributed by atoms with van der Waals surface area (Å²) in [6.45, 7) is 11.1. The highest BCUT2D eigenvalue weighted by atomic mass is 16.5. The van der Waals surface area contributed by atoms with Crippen molar-refractivity contribution in [2.45, 2.75) is 66.3 Å². The van der Waals surface area contributed by atoms with Gasteiger partial charge < -0.3 is 4.74 Å². The summed E-state index contributed by atoms with van der Waals surface area (Å²) in [5.74, 6) is 1.75. The highest BCUT2D eigenvalue weighted by molar-refractivity contribution is 5.84. The summed E-state index contributed by atoms with van der Waals surface area (Å²) in [7, 11) is 0. The van der Waals surface area contributed by atoms with Gasteiger partial charge in [0.05, 0.1) is 13.2 Å². The molecule has 128 valence electrons. The Balaban J connectivity index is 2.50. The number of hydrogen-bond acceptors (Lipinski definition) is 4. The molecule has 4 heteroatoms. The topological polar surface area (TPSA) is 55.4 Å². The first-order valence-corrected chi connectivity index (χ1v) is 8.79. The Labute approximate surface area is 135 Å². The SMILES string of the molecule is CCCOC(=O)[C@@H](C)NCC(=O)[C@@H]1C[C@H](C)CC[C@H]1C(C)C. The van der Waals surface area contributed by atoms with Crippen LogP contribution in [0, 0.1) is 23.7 Å². The molecule has 1 rings (SSSR count). The van der Waals surface area contributed by atoms with E-state index < -0.39 is 6.04 Å². The molecule has 0 radical (unpaired) electrons. The largest absolute Gasteiger partial charge is 0.465 e. The smallest absolute Gasteiger partial charge is 0.322 e. The summed E-state index contributed by atoms with van der Waals surface area (Å²) in [5.41, 5.74) is 0. The number of Topliss-reactive ketones (excluding diaryl/α,β-unsaturated/α-hetero) is 1. The number of carbonyl (C=O) groups is 2. The number of hydrogen-bond donors (Lipinski definition) is 1. The molecular formula is C18H33NO3. The van der Waals surface area contributed by atoms with Crippen molar-refractivity contribution in [2.75, 3.05) is 13.2 Å². The van der Waals surface area contributed by atoms with Gasteiger partial charge in [-0.05, 0) is 43.9 Å². The number of ketones is 1. The van der Waals surface area contributed by atoms with E-state index in [1.807, 2.05) is 6.92 Å². The fraction of sp³-hybridized carbons (Fsp3) is 0.889. The van der Waals surface area contributed by atoms with Gasteiger partial charge in [-0.15, -0.1) is 0 Å². The molecule has 1 N–H and O–H groups in total. The third-order valence-electron chi connectivity index (χ3n) is 4.82. The van der Waals surface area contributed by atoms with E-state index in [0.29, 0.717) is 24.4 Å². The van der Waals surface area contributed by atoms with Gasteiger partial charge in [-0.2, -0.15) is 0 Å². The highest BCUT2D eigenvalue weighted by Crippen LogP contribution is 2.38. The van der Waals surface area contributed by atoms with Gasteiger partial charge >= 0.3 is 5.97 Å². The minimum absolute atomic E-state index is 0.134. The molecule has 4 nitrogen and oxygen atoms in total. The summed E-state index contributed by atoms with van der Waals surface area (Å²) in [4.78, 5) is 24.3. The number of esters is 1. The maximum atomic E-state index is 12.6. The third kappa shape index (κ3) is 5.71. The lowest BCUT2D eigenvalue weighted by molar-refractivity contribution is -0.145. The molecule has 22 heavy (non-hydrogen) atoms. The monoisotopic (exact) mass is 311 g/mol. The first kappa shape index (κ1) is 19.1. The van der Waals surface area contributed by atoms with Crippen molar-refractivity contribution in [1.82, 2.24) is 5.32 Å². The van der Waals surface area contributed by atoms with Gasteiger partial charge in [0.2, 0.25) is 0 Å². The normalized spacial score (nSPS) is 26.7. The maximum absolute atomic E-state index is 12.6. The Morgan fingerprint density at radius 3 is 2.50 bits per heavy atom. The van der Waals surface area contributed by atoms with Crippen molar-refractivity contribution in [1.29, 1.82) is 0 Å². The van der Waals surface area contributed by atoms with Crippen molar-refractivity contribution < 1.29 is 14.3 Å². The van der Waals surface area contributed by atoms with Gasteiger partial charge in [0, 0.05) is 5.92 Å². The van der Waals surface area contributed by atoms with Gasteiger partial charge in [0.15, 0.2) is 0 Å². The van der Waals surface area contributed by atoms with Crippen LogP contribution in [0.1, 0.15) is 60.3 Å². The molecular weight excluding hydrogens is 278 g/mol. The Morgan fingerprint density at radius 2 is 1.91 bits per heavy atom. The van der Waals surface area contributed by atoms with E-state index in [-0.39, 0.29) is 24.2 Å². The van der Waals surface area contributed by atoms with Crippen LogP contribution in [0.3, 0.4) is 0 Å². The fourth-order valence-corrected chi connectivity index (χ4v) is 3.37. The van der Waals surface area contributed by atoms with Gasteiger partial charge in [0.25, 0.3) is 0 Å². The first-order valence-electron chi connectivity index (χ1n) is 8.79. The Morgan fingerprint density at radius 1 is 1.23 bits per heavy atom. The summed E-state index contributed by atoms with van der Waals surface area (Å²) in [5, 5.41) is 3.04. The molecule has 0 spiro atoms. The zero-order valence-corrected chi connectivity index (χ0v) is 14.9. The molecule has 0 aromatic carbocycles. The van der Waals surface area contributed by atoms with Crippen LogP contribution < -0.4 is 5.32 Å². The zero-order valence-electron chi connectivity index (χ0n) is 14.9. The second-order valence-electron chi connectivity index (χ2n) is 7.17.